The smallest absolute Gasteiger partial charge is 0.214 e. The lowest BCUT2D eigenvalue weighted by atomic mass is 10.0. The van der Waals surface area contributed by atoms with Crippen LogP contribution in [0.15, 0.2) is 145 Å². The van der Waals surface area contributed by atoms with Crippen LogP contribution in [-0.2, 0) is 0 Å². The molecular weight excluding hydrogens is 593 g/mol. The van der Waals surface area contributed by atoms with Gasteiger partial charge in [-0.15, -0.1) is 0 Å². The van der Waals surface area contributed by atoms with Gasteiger partial charge in [-0.3, -0.25) is 0 Å². The standard InChI is InChI=1S/C35H23Cl2N5S/c36-27-20-16-25(17-21-27)32-31(24-10-4-1-5-11-24)33(41(39-32)29-12-6-2-7-13-29)38-35-42(30-14-8-3-9-15-30)40-34(43-35)26-18-22-28(37)23-19-26/h1-23H. The summed E-state index contributed by atoms with van der Waals surface area (Å²) in [6.45, 7) is 0. The highest BCUT2D eigenvalue weighted by Crippen LogP contribution is 2.41. The zero-order valence-corrected chi connectivity index (χ0v) is 25.0. The molecule has 0 fully saturated rings. The fraction of sp³-hybridized carbons (Fsp3) is 0. The first kappa shape index (κ1) is 27.1. The van der Waals surface area contributed by atoms with Gasteiger partial charge in [-0.05, 0) is 54.1 Å². The second-order valence-electron chi connectivity index (χ2n) is 9.72. The van der Waals surface area contributed by atoms with Crippen LogP contribution >= 0.6 is 34.5 Å². The molecule has 208 valence electrons. The first-order valence-electron chi connectivity index (χ1n) is 13.6. The maximum atomic E-state index is 6.27. The van der Waals surface area contributed by atoms with Crippen LogP contribution < -0.4 is 4.80 Å². The predicted molar refractivity (Wildman–Crippen MR) is 177 cm³/mol. The summed E-state index contributed by atoms with van der Waals surface area (Å²) in [5, 5.41) is 12.3. The number of para-hydroxylation sites is 2. The molecule has 0 aliphatic carbocycles. The molecule has 7 aromatic rings. The van der Waals surface area contributed by atoms with Crippen molar-refractivity contribution in [1.29, 1.82) is 0 Å². The Labute approximate surface area is 262 Å². The molecular formula is C35H23Cl2N5S. The van der Waals surface area contributed by atoms with Gasteiger partial charge in [0.15, 0.2) is 5.82 Å². The Balaban J connectivity index is 1.56. The van der Waals surface area contributed by atoms with Gasteiger partial charge >= 0.3 is 0 Å². The second-order valence-corrected chi connectivity index (χ2v) is 11.6. The lowest BCUT2D eigenvalue weighted by Gasteiger charge is -2.07. The van der Waals surface area contributed by atoms with Gasteiger partial charge in [0.1, 0.15) is 10.7 Å². The van der Waals surface area contributed by atoms with Gasteiger partial charge in [0.25, 0.3) is 0 Å². The van der Waals surface area contributed by atoms with Crippen LogP contribution in [0.3, 0.4) is 0 Å². The molecule has 0 atom stereocenters. The van der Waals surface area contributed by atoms with Crippen molar-refractivity contribution in [2.45, 2.75) is 0 Å². The Hall–Kier alpha value is -4.75. The molecule has 0 N–H and O–H groups in total. The SMILES string of the molecule is Clc1ccc(-c2nn(-c3ccccc3)c(=Nc3c(-c4ccccc4)c(-c4ccc(Cl)cc4)nn3-c3ccccc3)s2)cc1. The van der Waals surface area contributed by atoms with E-state index in [-0.39, 0.29) is 0 Å². The number of aromatic nitrogens is 4. The van der Waals surface area contributed by atoms with Crippen molar-refractivity contribution < 1.29 is 0 Å². The first-order chi connectivity index (χ1) is 21.1. The average molecular weight is 617 g/mol. The molecule has 0 unspecified atom stereocenters. The van der Waals surface area contributed by atoms with Crippen LogP contribution in [0.5, 0.6) is 0 Å². The lowest BCUT2D eigenvalue weighted by molar-refractivity contribution is 0.823. The molecule has 5 nitrogen and oxygen atoms in total. The molecule has 5 aromatic carbocycles. The summed E-state index contributed by atoms with van der Waals surface area (Å²) < 4.78 is 3.79. The van der Waals surface area contributed by atoms with E-state index in [1.165, 1.54) is 11.3 Å². The predicted octanol–water partition coefficient (Wildman–Crippen LogP) is 9.66. The molecule has 0 radical (unpaired) electrons. The van der Waals surface area contributed by atoms with Crippen LogP contribution in [0.2, 0.25) is 10.0 Å². The Morgan fingerprint density at radius 3 is 1.60 bits per heavy atom. The van der Waals surface area contributed by atoms with Gasteiger partial charge in [-0.1, -0.05) is 126 Å². The normalized spacial score (nSPS) is 11.6. The van der Waals surface area contributed by atoms with Gasteiger partial charge in [0.2, 0.25) is 4.80 Å². The highest BCUT2D eigenvalue weighted by atomic mass is 35.5. The number of nitrogens with zero attached hydrogens (tertiary/aromatic N) is 5. The van der Waals surface area contributed by atoms with Gasteiger partial charge in [0.05, 0.1) is 16.9 Å². The largest absolute Gasteiger partial charge is 0.214 e. The molecule has 0 spiro atoms. The maximum Gasteiger partial charge on any atom is 0.214 e. The summed E-state index contributed by atoms with van der Waals surface area (Å²) >= 11 is 14.0. The molecule has 2 heterocycles. The van der Waals surface area contributed by atoms with E-state index in [1.807, 2.05) is 137 Å². The molecule has 2 aromatic heterocycles. The number of rotatable bonds is 6. The number of benzene rings is 5. The summed E-state index contributed by atoms with van der Waals surface area (Å²) in [6, 6.07) is 45.8. The fourth-order valence-corrected chi connectivity index (χ4v) is 6.00. The molecule has 7 rings (SSSR count). The van der Waals surface area contributed by atoms with Crippen LogP contribution in [0.4, 0.5) is 5.82 Å². The second kappa shape index (κ2) is 11.9. The number of hydrogen-bond donors (Lipinski definition) is 0. The van der Waals surface area contributed by atoms with Crippen molar-refractivity contribution in [3.8, 4) is 44.3 Å². The maximum absolute atomic E-state index is 6.27. The lowest BCUT2D eigenvalue weighted by Crippen LogP contribution is -2.14. The number of halogens is 2. The van der Waals surface area contributed by atoms with Crippen molar-refractivity contribution in [3.63, 3.8) is 0 Å². The van der Waals surface area contributed by atoms with Crippen LogP contribution in [0.25, 0.3) is 44.3 Å². The fourth-order valence-electron chi connectivity index (χ4n) is 4.83. The highest BCUT2D eigenvalue weighted by molar-refractivity contribution is 7.12. The Morgan fingerprint density at radius 2 is 1.02 bits per heavy atom. The van der Waals surface area contributed by atoms with Crippen molar-refractivity contribution >= 4 is 40.4 Å². The van der Waals surface area contributed by atoms with E-state index in [0.29, 0.717) is 20.7 Å². The zero-order chi connectivity index (χ0) is 29.2. The van der Waals surface area contributed by atoms with E-state index < -0.39 is 0 Å². The van der Waals surface area contributed by atoms with E-state index >= 15 is 0 Å². The molecule has 0 saturated carbocycles. The van der Waals surface area contributed by atoms with Crippen LogP contribution in [-0.4, -0.2) is 19.6 Å². The molecule has 0 aliphatic heterocycles. The molecule has 43 heavy (non-hydrogen) atoms. The third-order valence-electron chi connectivity index (χ3n) is 6.90. The summed E-state index contributed by atoms with van der Waals surface area (Å²) in [4.78, 5) is 6.07. The Bertz CT molecular complexity index is 2070. The van der Waals surface area contributed by atoms with Crippen molar-refractivity contribution in [2.75, 3.05) is 0 Å². The summed E-state index contributed by atoms with van der Waals surface area (Å²) in [6.07, 6.45) is 0. The average Bonchev–Trinajstić information content (AvgIpc) is 3.65. The van der Waals surface area contributed by atoms with E-state index in [0.717, 1.165) is 44.3 Å². The van der Waals surface area contributed by atoms with E-state index in [4.69, 9.17) is 38.4 Å². The van der Waals surface area contributed by atoms with Gasteiger partial charge in [-0.25, -0.2) is 9.36 Å². The van der Waals surface area contributed by atoms with Crippen molar-refractivity contribution in [1.82, 2.24) is 19.6 Å². The molecule has 0 aliphatic rings. The van der Waals surface area contributed by atoms with Crippen LogP contribution in [0, 0.1) is 0 Å². The Morgan fingerprint density at radius 1 is 0.512 bits per heavy atom. The summed E-state index contributed by atoms with van der Waals surface area (Å²) in [7, 11) is 0. The monoisotopic (exact) mass is 615 g/mol. The van der Waals surface area contributed by atoms with E-state index in [1.54, 1.807) is 0 Å². The minimum atomic E-state index is 0.667. The minimum absolute atomic E-state index is 0.667. The van der Waals surface area contributed by atoms with Crippen LogP contribution in [0.1, 0.15) is 0 Å². The third-order valence-corrected chi connectivity index (χ3v) is 8.36. The summed E-state index contributed by atoms with van der Waals surface area (Å²) in [5.74, 6) is 0.693. The zero-order valence-electron chi connectivity index (χ0n) is 22.7. The molecule has 0 bridgehead atoms. The summed E-state index contributed by atoms with van der Waals surface area (Å²) in [5.41, 5.74) is 6.42. The minimum Gasteiger partial charge on any atom is -0.214 e. The highest BCUT2D eigenvalue weighted by Gasteiger charge is 2.22. The first-order valence-corrected chi connectivity index (χ1v) is 15.2. The molecule has 0 saturated heterocycles. The van der Waals surface area contributed by atoms with Crippen molar-refractivity contribution in [3.05, 3.63) is 154 Å². The van der Waals surface area contributed by atoms with Crippen molar-refractivity contribution in [2.24, 2.45) is 4.99 Å². The molecule has 0 amide bonds. The van der Waals surface area contributed by atoms with E-state index in [2.05, 4.69) is 12.1 Å². The Kier molecular flexibility index (Phi) is 7.47. The topological polar surface area (TPSA) is 48.0 Å². The van der Waals surface area contributed by atoms with Gasteiger partial charge in [-0.2, -0.15) is 15.2 Å². The van der Waals surface area contributed by atoms with E-state index in [9.17, 15) is 0 Å². The number of hydrogen-bond acceptors (Lipinski definition) is 4. The quantitative estimate of drug-likeness (QED) is 0.187. The third kappa shape index (κ3) is 5.56. The van der Waals surface area contributed by atoms with Gasteiger partial charge < -0.3 is 0 Å². The molecule has 8 heteroatoms. The van der Waals surface area contributed by atoms with Gasteiger partial charge in [0, 0.05) is 21.2 Å².